The maximum Gasteiger partial charge on any atom is 0.125 e. The maximum absolute atomic E-state index is 5.73. The van der Waals surface area contributed by atoms with E-state index in [1.165, 1.54) is 12.0 Å². The van der Waals surface area contributed by atoms with Crippen molar-refractivity contribution in [1.29, 1.82) is 0 Å². The molecule has 1 fully saturated rings. The van der Waals surface area contributed by atoms with Crippen molar-refractivity contribution in [2.24, 2.45) is 0 Å². The molecule has 3 nitrogen and oxygen atoms in total. The molecule has 2 unspecified atom stereocenters. The molecule has 2 aromatic rings. The number of rotatable bonds is 5. The van der Waals surface area contributed by atoms with Crippen LogP contribution >= 0.6 is 0 Å². The molecule has 106 valence electrons. The van der Waals surface area contributed by atoms with Crippen molar-refractivity contribution in [3.8, 4) is 0 Å². The molecule has 0 radical (unpaired) electrons. The van der Waals surface area contributed by atoms with Crippen molar-refractivity contribution in [2.45, 2.75) is 25.4 Å². The normalized spacial score (nSPS) is 20.4. The van der Waals surface area contributed by atoms with Crippen LogP contribution < -0.4 is 5.32 Å². The molecule has 3 rings (SSSR count). The standard InChI is InChI=1S/C17H22N2O/c1-2-19(15-10-11-18-13-15)17(16-9-6-12-20-16)14-7-4-3-5-8-14/h3-9,12,15,17-18H,2,10-11,13H2,1H3. The number of hydrogen-bond donors (Lipinski definition) is 1. The summed E-state index contributed by atoms with van der Waals surface area (Å²) < 4.78 is 5.73. The lowest BCUT2D eigenvalue weighted by atomic mass is 10.0. The van der Waals surface area contributed by atoms with E-state index in [4.69, 9.17) is 4.42 Å². The van der Waals surface area contributed by atoms with E-state index in [9.17, 15) is 0 Å². The summed E-state index contributed by atoms with van der Waals surface area (Å²) >= 11 is 0. The Balaban J connectivity index is 1.96. The van der Waals surface area contributed by atoms with Gasteiger partial charge in [0, 0.05) is 12.6 Å². The van der Waals surface area contributed by atoms with Gasteiger partial charge < -0.3 is 9.73 Å². The van der Waals surface area contributed by atoms with Gasteiger partial charge in [0.25, 0.3) is 0 Å². The number of likely N-dealkylation sites (N-methyl/N-ethyl adjacent to an activating group) is 1. The number of nitrogens with one attached hydrogen (secondary N) is 1. The Kier molecular flexibility index (Phi) is 4.19. The summed E-state index contributed by atoms with van der Waals surface area (Å²) in [6.45, 7) is 5.43. The molecule has 0 amide bonds. The molecular formula is C17H22N2O. The molecule has 2 heterocycles. The molecule has 0 bridgehead atoms. The summed E-state index contributed by atoms with van der Waals surface area (Å²) in [6, 6.07) is 15.5. The predicted molar refractivity (Wildman–Crippen MR) is 80.6 cm³/mol. The molecule has 1 aliphatic rings. The highest BCUT2D eigenvalue weighted by molar-refractivity contribution is 5.27. The monoisotopic (exact) mass is 270 g/mol. The molecular weight excluding hydrogens is 248 g/mol. The fraction of sp³-hybridized carbons (Fsp3) is 0.412. The van der Waals surface area contributed by atoms with E-state index >= 15 is 0 Å². The summed E-state index contributed by atoms with van der Waals surface area (Å²) in [4.78, 5) is 2.55. The van der Waals surface area contributed by atoms with E-state index in [2.05, 4.69) is 53.5 Å². The van der Waals surface area contributed by atoms with Crippen LogP contribution in [-0.2, 0) is 0 Å². The summed E-state index contributed by atoms with van der Waals surface area (Å²) in [5.41, 5.74) is 1.30. The van der Waals surface area contributed by atoms with Crippen LogP contribution in [-0.4, -0.2) is 30.6 Å². The molecule has 1 saturated heterocycles. The first-order valence-corrected chi connectivity index (χ1v) is 7.45. The van der Waals surface area contributed by atoms with Crippen molar-refractivity contribution in [2.75, 3.05) is 19.6 Å². The van der Waals surface area contributed by atoms with Crippen LogP contribution in [0.4, 0.5) is 0 Å². The third kappa shape index (κ3) is 2.65. The Bertz CT molecular complexity index is 503. The molecule has 20 heavy (non-hydrogen) atoms. The zero-order chi connectivity index (χ0) is 13.8. The van der Waals surface area contributed by atoms with Gasteiger partial charge >= 0.3 is 0 Å². The minimum Gasteiger partial charge on any atom is -0.467 e. The molecule has 0 saturated carbocycles. The van der Waals surface area contributed by atoms with Crippen molar-refractivity contribution in [3.63, 3.8) is 0 Å². The summed E-state index contributed by atoms with van der Waals surface area (Å²) in [5, 5.41) is 3.47. The molecule has 2 atom stereocenters. The van der Waals surface area contributed by atoms with Crippen LogP contribution in [0.2, 0.25) is 0 Å². The average molecular weight is 270 g/mol. The second-order valence-electron chi connectivity index (χ2n) is 5.31. The molecule has 1 aromatic heterocycles. The van der Waals surface area contributed by atoms with Gasteiger partial charge in [-0.05, 0) is 37.2 Å². The fourth-order valence-corrected chi connectivity index (χ4v) is 3.18. The minimum atomic E-state index is 0.209. The topological polar surface area (TPSA) is 28.4 Å². The smallest absolute Gasteiger partial charge is 0.125 e. The Hall–Kier alpha value is -1.58. The summed E-state index contributed by atoms with van der Waals surface area (Å²) in [6.07, 6.45) is 2.98. The second-order valence-corrected chi connectivity index (χ2v) is 5.31. The molecule has 0 aliphatic carbocycles. The van der Waals surface area contributed by atoms with E-state index in [0.29, 0.717) is 6.04 Å². The van der Waals surface area contributed by atoms with Crippen LogP contribution in [0.5, 0.6) is 0 Å². The van der Waals surface area contributed by atoms with Crippen LogP contribution in [0.3, 0.4) is 0 Å². The third-order valence-electron chi connectivity index (χ3n) is 4.13. The van der Waals surface area contributed by atoms with E-state index in [1.807, 2.05) is 6.07 Å². The van der Waals surface area contributed by atoms with Crippen LogP contribution in [0, 0.1) is 0 Å². The van der Waals surface area contributed by atoms with Crippen molar-refractivity contribution < 1.29 is 4.42 Å². The van der Waals surface area contributed by atoms with Gasteiger partial charge in [-0.3, -0.25) is 4.90 Å². The highest BCUT2D eigenvalue weighted by atomic mass is 16.3. The maximum atomic E-state index is 5.73. The first kappa shape index (κ1) is 13.4. The van der Waals surface area contributed by atoms with E-state index in [0.717, 1.165) is 25.4 Å². The van der Waals surface area contributed by atoms with Crippen molar-refractivity contribution in [1.82, 2.24) is 10.2 Å². The Morgan fingerprint density at radius 1 is 1.25 bits per heavy atom. The first-order chi connectivity index (χ1) is 9.90. The highest BCUT2D eigenvalue weighted by Gasteiger charge is 2.30. The number of nitrogens with zero attached hydrogens (tertiary/aromatic N) is 1. The predicted octanol–water partition coefficient (Wildman–Crippen LogP) is 3.05. The lowest BCUT2D eigenvalue weighted by molar-refractivity contribution is 0.158. The lowest BCUT2D eigenvalue weighted by Gasteiger charge is -2.34. The molecule has 0 spiro atoms. The Morgan fingerprint density at radius 3 is 2.70 bits per heavy atom. The fourth-order valence-electron chi connectivity index (χ4n) is 3.18. The zero-order valence-electron chi connectivity index (χ0n) is 12.0. The van der Waals surface area contributed by atoms with E-state index < -0.39 is 0 Å². The number of benzene rings is 1. The zero-order valence-corrected chi connectivity index (χ0v) is 12.0. The van der Waals surface area contributed by atoms with Gasteiger partial charge in [0.1, 0.15) is 5.76 Å². The van der Waals surface area contributed by atoms with Crippen LogP contribution in [0.25, 0.3) is 0 Å². The lowest BCUT2D eigenvalue weighted by Crippen LogP contribution is -2.40. The van der Waals surface area contributed by atoms with Crippen LogP contribution in [0.15, 0.2) is 53.1 Å². The first-order valence-electron chi connectivity index (χ1n) is 7.45. The van der Waals surface area contributed by atoms with Crippen LogP contribution in [0.1, 0.15) is 30.7 Å². The van der Waals surface area contributed by atoms with E-state index in [-0.39, 0.29) is 6.04 Å². The molecule has 1 N–H and O–H groups in total. The molecule has 1 aliphatic heterocycles. The second kappa shape index (κ2) is 6.25. The largest absolute Gasteiger partial charge is 0.467 e. The Labute approximate surface area is 120 Å². The van der Waals surface area contributed by atoms with Gasteiger partial charge in [-0.1, -0.05) is 37.3 Å². The number of furan rings is 1. The summed E-state index contributed by atoms with van der Waals surface area (Å²) in [7, 11) is 0. The highest BCUT2D eigenvalue weighted by Crippen LogP contribution is 2.31. The van der Waals surface area contributed by atoms with Gasteiger partial charge in [-0.25, -0.2) is 0 Å². The number of hydrogen-bond acceptors (Lipinski definition) is 3. The van der Waals surface area contributed by atoms with Gasteiger partial charge in [0.15, 0.2) is 0 Å². The van der Waals surface area contributed by atoms with Gasteiger partial charge in [-0.2, -0.15) is 0 Å². The van der Waals surface area contributed by atoms with Crippen molar-refractivity contribution >= 4 is 0 Å². The Morgan fingerprint density at radius 2 is 2.10 bits per heavy atom. The minimum absolute atomic E-state index is 0.209. The third-order valence-corrected chi connectivity index (χ3v) is 4.13. The summed E-state index contributed by atoms with van der Waals surface area (Å²) in [5.74, 6) is 1.03. The quantitative estimate of drug-likeness (QED) is 0.905. The van der Waals surface area contributed by atoms with Gasteiger partial charge in [0.2, 0.25) is 0 Å². The van der Waals surface area contributed by atoms with Crippen molar-refractivity contribution in [3.05, 3.63) is 60.1 Å². The van der Waals surface area contributed by atoms with E-state index in [1.54, 1.807) is 6.26 Å². The molecule has 1 aromatic carbocycles. The van der Waals surface area contributed by atoms with Gasteiger partial charge in [-0.15, -0.1) is 0 Å². The molecule has 3 heteroatoms. The average Bonchev–Trinajstić information content (AvgIpc) is 3.18. The van der Waals surface area contributed by atoms with Gasteiger partial charge in [0.05, 0.1) is 12.3 Å². The SMILES string of the molecule is CCN(C1CCNC1)C(c1ccccc1)c1ccco1.